The van der Waals surface area contributed by atoms with Crippen molar-refractivity contribution >= 4 is 23.0 Å². The number of hydrogen-bond acceptors (Lipinski definition) is 3. The third-order valence-corrected chi connectivity index (χ3v) is 4.20. The van der Waals surface area contributed by atoms with E-state index in [4.69, 9.17) is 5.73 Å². The number of amides is 1. The maximum absolute atomic E-state index is 11.4. The Morgan fingerprint density at radius 3 is 2.74 bits per heavy atom. The van der Waals surface area contributed by atoms with Gasteiger partial charge in [0.05, 0.1) is 17.8 Å². The van der Waals surface area contributed by atoms with Crippen LogP contribution in [0.25, 0.3) is 0 Å². The number of anilines is 3. The first kappa shape index (κ1) is 13.7. The van der Waals surface area contributed by atoms with Crippen LogP contribution < -0.4 is 16.4 Å². The van der Waals surface area contributed by atoms with Crippen LogP contribution >= 0.6 is 0 Å². The van der Waals surface area contributed by atoms with Gasteiger partial charge in [-0.1, -0.05) is 27.7 Å². The van der Waals surface area contributed by atoms with E-state index in [0.717, 1.165) is 23.5 Å². The molecule has 4 N–H and O–H groups in total. The van der Waals surface area contributed by atoms with Crippen LogP contribution in [0.5, 0.6) is 0 Å². The van der Waals surface area contributed by atoms with Gasteiger partial charge in [-0.3, -0.25) is 4.79 Å². The van der Waals surface area contributed by atoms with Crippen LogP contribution in [0.1, 0.15) is 33.3 Å². The second-order valence-corrected chi connectivity index (χ2v) is 6.32. The molecule has 0 fully saturated rings. The molecule has 1 aliphatic heterocycles. The van der Waals surface area contributed by atoms with Crippen LogP contribution in [-0.4, -0.2) is 12.5 Å². The minimum Gasteiger partial charge on any atom is -0.397 e. The molecule has 1 aromatic rings. The molecule has 4 heteroatoms. The number of rotatable bonds is 4. The summed E-state index contributed by atoms with van der Waals surface area (Å²) in [6.07, 6.45) is 0.428. The van der Waals surface area contributed by atoms with E-state index in [1.54, 1.807) is 0 Å². The van der Waals surface area contributed by atoms with E-state index in [1.807, 2.05) is 12.1 Å². The Morgan fingerprint density at radius 1 is 1.42 bits per heavy atom. The smallest absolute Gasteiger partial charge is 0.228 e. The van der Waals surface area contributed by atoms with Crippen molar-refractivity contribution in [2.75, 3.05) is 22.9 Å². The zero-order valence-corrected chi connectivity index (χ0v) is 12.1. The van der Waals surface area contributed by atoms with Crippen LogP contribution in [0.2, 0.25) is 0 Å². The molecule has 0 spiro atoms. The van der Waals surface area contributed by atoms with Gasteiger partial charge in [0.2, 0.25) is 5.91 Å². The summed E-state index contributed by atoms with van der Waals surface area (Å²) in [7, 11) is 0. The lowest BCUT2D eigenvalue weighted by Crippen LogP contribution is -2.28. The molecule has 4 nitrogen and oxygen atoms in total. The van der Waals surface area contributed by atoms with Crippen molar-refractivity contribution in [2.24, 2.45) is 11.3 Å². The molecule has 0 radical (unpaired) electrons. The van der Waals surface area contributed by atoms with Crippen molar-refractivity contribution in [2.45, 2.75) is 34.1 Å². The van der Waals surface area contributed by atoms with E-state index < -0.39 is 0 Å². The van der Waals surface area contributed by atoms with E-state index in [-0.39, 0.29) is 11.3 Å². The Balaban J connectivity index is 2.14. The maximum Gasteiger partial charge on any atom is 0.228 e. The van der Waals surface area contributed by atoms with Gasteiger partial charge in [0.15, 0.2) is 0 Å². The molecular formula is C15H23N3O. The minimum absolute atomic E-state index is 0.0362. The standard InChI is InChI=1S/C15H23N3O/c1-9(2)15(3,4)8-17-13-7-12-10(5-11(13)16)6-14(19)18-12/h5,7,9,17H,6,8,16H2,1-4H3,(H,18,19). The number of carbonyl (C=O) groups is 1. The van der Waals surface area contributed by atoms with Gasteiger partial charge in [0.1, 0.15) is 0 Å². The monoisotopic (exact) mass is 261 g/mol. The number of hydrogen-bond donors (Lipinski definition) is 3. The largest absolute Gasteiger partial charge is 0.397 e. The average molecular weight is 261 g/mol. The molecular weight excluding hydrogens is 238 g/mol. The summed E-state index contributed by atoms with van der Waals surface area (Å²) in [5, 5.41) is 6.25. The lowest BCUT2D eigenvalue weighted by atomic mass is 9.81. The van der Waals surface area contributed by atoms with Crippen LogP contribution in [0.15, 0.2) is 12.1 Å². The zero-order valence-electron chi connectivity index (χ0n) is 12.1. The molecule has 0 bridgehead atoms. The van der Waals surface area contributed by atoms with Gasteiger partial charge >= 0.3 is 0 Å². The predicted molar refractivity (Wildman–Crippen MR) is 80.3 cm³/mol. The van der Waals surface area contributed by atoms with E-state index >= 15 is 0 Å². The fourth-order valence-electron chi connectivity index (χ4n) is 1.97. The highest BCUT2D eigenvalue weighted by Gasteiger charge is 2.23. The summed E-state index contributed by atoms with van der Waals surface area (Å²) < 4.78 is 0. The summed E-state index contributed by atoms with van der Waals surface area (Å²) in [5.74, 6) is 0.615. The number of benzene rings is 1. The Bertz CT molecular complexity index is 506. The van der Waals surface area contributed by atoms with Gasteiger partial charge in [0, 0.05) is 12.2 Å². The first-order chi connectivity index (χ1) is 8.79. The average Bonchev–Trinajstić information content (AvgIpc) is 2.65. The van der Waals surface area contributed by atoms with Gasteiger partial charge in [0.25, 0.3) is 0 Å². The number of nitrogen functional groups attached to an aromatic ring is 1. The van der Waals surface area contributed by atoms with Crippen molar-refractivity contribution in [3.63, 3.8) is 0 Å². The quantitative estimate of drug-likeness (QED) is 0.730. The third kappa shape index (κ3) is 2.83. The molecule has 2 rings (SSSR count). The lowest BCUT2D eigenvalue weighted by Gasteiger charge is -2.30. The van der Waals surface area contributed by atoms with Crippen molar-refractivity contribution in [1.29, 1.82) is 0 Å². The van der Waals surface area contributed by atoms with Crippen molar-refractivity contribution in [1.82, 2.24) is 0 Å². The Labute approximate surface area is 114 Å². The Morgan fingerprint density at radius 2 is 2.11 bits per heavy atom. The number of nitrogens with two attached hydrogens (primary N) is 1. The highest BCUT2D eigenvalue weighted by molar-refractivity contribution is 6.00. The number of fused-ring (bicyclic) bond motifs is 1. The molecule has 0 aromatic heterocycles. The summed E-state index contributed by atoms with van der Waals surface area (Å²) >= 11 is 0. The van der Waals surface area contributed by atoms with Gasteiger partial charge in [-0.25, -0.2) is 0 Å². The van der Waals surface area contributed by atoms with Crippen LogP contribution in [0, 0.1) is 11.3 Å². The summed E-state index contributed by atoms with van der Waals surface area (Å²) in [6.45, 7) is 9.75. The molecule has 0 saturated carbocycles. The highest BCUT2D eigenvalue weighted by atomic mass is 16.1. The molecule has 0 unspecified atom stereocenters. The van der Waals surface area contributed by atoms with Crippen LogP contribution in [-0.2, 0) is 11.2 Å². The second-order valence-electron chi connectivity index (χ2n) is 6.32. The van der Waals surface area contributed by atoms with E-state index in [2.05, 4.69) is 38.3 Å². The highest BCUT2D eigenvalue weighted by Crippen LogP contribution is 2.33. The van der Waals surface area contributed by atoms with Gasteiger partial charge in [-0.15, -0.1) is 0 Å². The summed E-state index contributed by atoms with van der Waals surface area (Å²) in [4.78, 5) is 11.4. The molecule has 1 amide bonds. The first-order valence-corrected chi connectivity index (χ1v) is 6.76. The molecule has 0 atom stereocenters. The van der Waals surface area contributed by atoms with Gasteiger partial charge in [-0.05, 0) is 29.0 Å². The normalized spacial score (nSPS) is 14.5. The van der Waals surface area contributed by atoms with Crippen molar-refractivity contribution in [3.8, 4) is 0 Å². The predicted octanol–water partition coefficient (Wildman–Crippen LogP) is 2.86. The first-order valence-electron chi connectivity index (χ1n) is 6.76. The molecule has 0 saturated heterocycles. The summed E-state index contributed by atoms with van der Waals surface area (Å²) in [6, 6.07) is 3.82. The minimum atomic E-state index is 0.0362. The number of nitrogens with one attached hydrogen (secondary N) is 2. The Kier molecular flexibility index (Phi) is 3.43. The van der Waals surface area contributed by atoms with Gasteiger partial charge in [-0.2, -0.15) is 0 Å². The summed E-state index contributed by atoms with van der Waals surface area (Å²) in [5.41, 5.74) is 9.69. The van der Waals surface area contributed by atoms with E-state index in [1.165, 1.54) is 0 Å². The molecule has 1 aromatic carbocycles. The fourth-order valence-corrected chi connectivity index (χ4v) is 1.97. The molecule has 1 aliphatic rings. The fraction of sp³-hybridized carbons (Fsp3) is 0.533. The van der Waals surface area contributed by atoms with E-state index in [9.17, 15) is 4.79 Å². The van der Waals surface area contributed by atoms with Crippen molar-refractivity contribution in [3.05, 3.63) is 17.7 Å². The van der Waals surface area contributed by atoms with E-state index in [0.29, 0.717) is 18.0 Å². The molecule has 0 aliphatic carbocycles. The zero-order chi connectivity index (χ0) is 14.2. The number of carbonyl (C=O) groups excluding carboxylic acids is 1. The maximum atomic E-state index is 11.4. The third-order valence-electron chi connectivity index (χ3n) is 4.20. The SMILES string of the molecule is CC(C)C(C)(C)CNc1cc2c(cc1N)CC(=O)N2. The Hall–Kier alpha value is -1.71. The molecule has 1 heterocycles. The second kappa shape index (κ2) is 4.76. The molecule has 104 valence electrons. The van der Waals surface area contributed by atoms with Crippen LogP contribution in [0.3, 0.4) is 0 Å². The topological polar surface area (TPSA) is 67.1 Å². The van der Waals surface area contributed by atoms with Crippen molar-refractivity contribution < 1.29 is 4.79 Å². The lowest BCUT2D eigenvalue weighted by molar-refractivity contribution is -0.115. The molecule has 19 heavy (non-hydrogen) atoms. The van der Waals surface area contributed by atoms with Crippen LogP contribution in [0.4, 0.5) is 17.1 Å². The van der Waals surface area contributed by atoms with Gasteiger partial charge < -0.3 is 16.4 Å².